The van der Waals surface area contributed by atoms with E-state index in [0.717, 1.165) is 10.0 Å². The molecule has 0 aliphatic carbocycles. The predicted molar refractivity (Wildman–Crippen MR) is 99.3 cm³/mol. The highest BCUT2D eigenvalue weighted by atomic mass is 79.9. The average Bonchev–Trinajstić information content (AvgIpc) is 2.62. The maximum absolute atomic E-state index is 12.5. The van der Waals surface area contributed by atoms with Gasteiger partial charge < -0.3 is 10.1 Å². The molecule has 0 radical (unpaired) electrons. The summed E-state index contributed by atoms with van der Waals surface area (Å²) < 4.78 is 6.62. The van der Waals surface area contributed by atoms with Gasteiger partial charge in [-0.15, -0.1) is 0 Å². The van der Waals surface area contributed by atoms with Gasteiger partial charge in [-0.05, 0) is 45.8 Å². The Kier molecular flexibility index (Phi) is 5.29. The van der Waals surface area contributed by atoms with E-state index in [9.17, 15) is 4.79 Å². The van der Waals surface area contributed by atoms with E-state index in [0.29, 0.717) is 23.6 Å². The first-order valence-corrected chi connectivity index (χ1v) is 8.35. The van der Waals surface area contributed by atoms with Crippen LogP contribution in [0, 0.1) is 0 Å². The molecule has 0 saturated heterocycles. The maximum atomic E-state index is 12.5. The van der Waals surface area contributed by atoms with Gasteiger partial charge in [0.15, 0.2) is 0 Å². The Labute approximate surface area is 149 Å². The molecule has 0 aromatic heterocycles. The lowest BCUT2D eigenvalue weighted by molar-refractivity contribution is 0.102. The van der Waals surface area contributed by atoms with Crippen molar-refractivity contribution < 1.29 is 9.53 Å². The maximum Gasteiger partial charge on any atom is 0.256 e. The van der Waals surface area contributed by atoms with Crippen molar-refractivity contribution in [2.24, 2.45) is 0 Å². The molecule has 3 aromatic rings. The molecule has 0 heterocycles. The molecule has 0 aliphatic rings. The summed E-state index contributed by atoms with van der Waals surface area (Å²) in [7, 11) is 0. The van der Waals surface area contributed by atoms with Gasteiger partial charge in [-0.1, -0.05) is 54.6 Å². The first-order valence-electron chi connectivity index (χ1n) is 7.55. The number of rotatable bonds is 5. The fraction of sp³-hybridized carbons (Fsp3) is 0.0500. The summed E-state index contributed by atoms with van der Waals surface area (Å²) in [6, 6.07) is 24.7. The molecule has 0 unspecified atom stereocenters. The molecule has 0 atom stereocenters. The van der Waals surface area contributed by atoms with Gasteiger partial charge in [0.1, 0.15) is 12.4 Å². The van der Waals surface area contributed by atoms with Gasteiger partial charge in [0.25, 0.3) is 5.91 Å². The highest BCUT2D eigenvalue weighted by molar-refractivity contribution is 9.10. The summed E-state index contributed by atoms with van der Waals surface area (Å²) in [6.07, 6.45) is 0. The van der Waals surface area contributed by atoms with Gasteiger partial charge in [-0.2, -0.15) is 0 Å². The molecule has 3 nitrogen and oxygen atoms in total. The van der Waals surface area contributed by atoms with Crippen LogP contribution < -0.4 is 10.1 Å². The number of halogens is 1. The zero-order valence-electron chi connectivity index (χ0n) is 12.9. The van der Waals surface area contributed by atoms with Crippen molar-refractivity contribution in [2.45, 2.75) is 6.61 Å². The summed E-state index contributed by atoms with van der Waals surface area (Å²) in [5, 5.41) is 2.91. The number of hydrogen-bond donors (Lipinski definition) is 1. The van der Waals surface area contributed by atoms with Crippen LogP contribution in [0.25, 0.3) is 0 Å². The SMILES string of the molecule is O=C(Nc1ccccc1OCc1ccccc1)c1ccccc1Br. The molecule has 0 spiro atoms. The molecular formula is C20H16BrNO2. The number of anilines is 1. The van der Waals surface area contributed by atoms with Crippen molar-refractivity contribution in [3.8, 4) is 5.75 Å². The fourth-order valence-corrected chi connectivity index (χ4v) is 2.73. The standard InChI is InChI=1S/C20H16BrNO2/c21-17-11-5-4-10-16(17)20(23)22-18-12-6-7-13-19(18)24-14-15-8-2-1-3-9-15/h1-13H,14H2,(H,22,23). The van der Waals surface area contributed by atoms with Crippen LogP contribution in [0.5, 0.6) is 5.75 Å². The van der Waals surface area contributed by atoms with Crippen molar-refractivity contribution in [1.82, 2.24) is 0 Å². The second-order valence-corrected chi connectivity index (χ2v) is 6.06. The average molecular weight is 382 g/mol. The minimum absolute atomic E-state index is 0.182. The van der Waals surface area contributed by atoms with E-state index in [-0.39, 0.29) is 5.91 Å². The lowest BCUT2D eigenvalue weighted by atomic mass is 10.2. The highest BCUT2D eigenvalue weighted by Gasteiger charge is 2.12. The molecule has 0 fully saturated rings. The molecule has 0 saturated carbocycles. The van der Waals surface area contributed by atoms with Gasteiger partial charge in [0, 0.05) is 4.47 Å². The summed E-state index contributed by atoms with van der Waals surface area (Å²) in [6.45, 7) is 0.447. The number of carbonyl (C=O) groups is 1. The number of ether oxygens (including phenoxy) is 1. The van der Waals surface area contributed by atoms with Crippen molar-refractivity contribution in [1.29, 1.82) is 0 Å². The minimum atomic E-state index is -0.182. The zero-order valence-corrected chi connectivity index (χ0v) is 14.5. The van der Waals surface area contributed by atoms with E-state index < -0.39 is 0 Å². The van der Waals surface area contributed by atoms with Crippen LogP contribution in [0.15, 0.2) is 83.3 Å². The molecular weight excluding hydrogens is 366 g/mol. The van der Waals surface area contributed by atoms with Crippen molar-refractivity contribution in [3.05, 3.63) is 94.5 Å². The molecule has 120 valence electrons. The van der Waals surface area contributed by atoms with Gasteiger partial charge >= 0.3 is 0 Å². The largest absolute Gasteiger partial charge is 0.487 e. The quantitative estimate of drug-likeness (QED) is 0.652. The summed E-state index contributed by atoms with van der Waals surface area (Å²) >= 11 is 3.40. The van der Waals surface area contributed by atoms with Crippen LogP contribution in [0.2, 0.25) is 0 Å². The van der Waals surface area contributed by atoms with Gasteiger partial charge in [0.05, 0.1) is 11.3 Å². The van der Waals surface area contributed by atoms with Gasteiger partial charge in [0.2, 0.25) is 0 Å². The molecule has 3 aromatic carbocycles. The van der Waals surface area contributed by atoms with E-state index in [1.54, 1.807) is 6.07 Å². The van der Waals surface area contributed by atoms with Crippen molar-refractivity contribution >= 4 is 27.5 Å². The molecule has 1 amide bonds. The molecule has 24 heavy (non-hydrogen) atoms. The van der Waals surface area contributed by atoms with Gasteiger partial charge in [-0.25, -0.2) is 0 Å². The monoisotopic (exact) mass is 381 g/mol. The van der Waals surface area contributed by atoms with Crippen LogP contribution in [-0.4, -0.2) is 5.91 Å². The number of carbonyl (C=O) groups excluding carboxylic acids is 1. The number of hydrogen-bond acceptors (Lipinski definition) is 2. The molecule has 0 aliphatic heterocycles. The third-order valence-electron chi connectivity index (χ3n) is 3.49. The van der Waals surface area contributed by atoms with Crippen LogP contribution in [0.4, 0.5) is 5.69 Å². The number of amides is 1. The van der Waals surface area contributed by atoms with Crippen molar-refractivity contribution in [2.75, 3.05) is 5.32 Å². The van der Waals surface area contributed by atoms with E-state index in [1.807, 2.05) is 72.8 Å². The Morgan fingerprint density at radius 3 is 2.33 bits per heavy atom. The molecule has 1 N–H and O–H groups in total. The second-order valence-electron chi connectivity index (χ2n) is 5.20. The highest BCUT2D eigenvalue weighted by Crippen LogP contribution is 2.26. The topological polar surface area (TPSA) is 38.3 Å². The van der Waals surface area contributed by atoms with Crippen molar-refractivity contribution in [3.63, 3.8) is 0 Å². The third-order valence-corrected chi connectivity index (χ3v) is 4.18. The number of para-hydroxylation sites is 2. The Hall–Kier alpha value is -2.59. The fourth-order valence-electron chi connectivity index (χ4n) is 2.27. The molecule has 3 rings (SSSR count). The zero-order chi connectivity index (χ0) is 16.8. The summed E-state index contributed by atoms with van der Waals surface area (Å²) in [5.41, 5.74) is 2.30. The van der Waals surface area contributed by atoms with Crippen LogP contribution in [-0.2, 0) is 6.61 Å². The Morgan fingerprint density at radius 1 is 0.875 bits per heavy atom. The van der Waals surface area contributed by atoms with Gasteiger partial charge in [-0.3, -0.25) is 4.79 Å². The van der Waals surface area contributed by atoms with E-state index >= 15 is 0 Å². The van der Waals surface area contributed by atoms with Crippen LogP contribution in [0.3, 0.4) is 0 Å². The summed E-state index contributed by atoms with van der Waals surface area (Å²) in [4.78, 5) is 12.5. The van der Waals surface area contributed by atoms with E-state index in [1.165, 1.54) is 0 Å². The first kappa shape index (κ1) is 16.3. The smallest absolute Gasteiger partial charge is 0.256 e. The lowest BCUT2D eigenvalue weighted by Gasteiger charge is -2.13. The lowest BCUT2D eigenvalue weighted by Crippen LogP contribution is -2.13. The molecule has 4 heteroatoms. The number of benzene rings is 3. The Bertz CT molecular complexity index is 834. The van der Waals surface area contributed by atoms with E-state index in [4.69, 9.17) is 4.74 Å². The third kappa shape index (κ3) is 4.03. The number of nitrogens with one attached hydrogen (secondary N) is 1. The Morgan fingerprint density at radius 2 is 1.54 bits per heavy atom. The van der Waals surface area contributed by atoms with Crippen LogP contribution >= 0.6 is 15.9 Å². The normalized spacial score (nSPS) is 10.2. The summed E-state index contributed by atoms with van der Waals surface area (Å²) in [5.74, 6) is 0.458. The predicted octanol–water partition coefficient (Wildman–Crippen LogP) is 5.28. The van der Waals surface area contributed by atoms with Crippen LogP contribution in [0.1, 0.15) is 15.9 Å². The first-order chi connectivity index (χ1) is 11.7. The Balaban J connectivity index is 1.74. The second kappa shape index (κ2) is 7.79. The van der Waals surface area contributed by atoms with E-state index in [2.05, 4.69) is 21.2 Å². The minimum Gasteiger partial charge on any atom is -0.487 e. The molecule has 0 bridgehead atoms.